The molecule has 0 heterocycles. The highest BCUT2D eigenvalue weighted by Gasteiger charge is 2.35. The van der Waals surface area contributed by atoms with Crippen molar-refractivity contribution in [3.63, 3.8) is 0 Å². The van der Waals surface area contributed by atoms with Gasteiger partial charge in [0.2, 0.25) is 0 Å². The molecule has 4 aromatic rings. The van der Waals surface area contributed by atoms with Gasteiger partial charge in [-0.2, -0.15) is 4.52 Å². The van der Waals surface area contributed by atoms with Gasteiger partial charge in [0.15, 0.2) is 8.37 Å². The van der Waals surface area contributed by atoms with Crippen molar-refractivity contribution in [1.29, 1.82) is 0 Å². The molecule has 39 heavy (non-hydrogen) atoms. The summed E-state index contributed by atoms with van der Waals surface area (Å²) < 4.78 is 30.4. The molecule has 0 radical (unpaired) electrons. The quantitative estimate of drug-likeness (QED) is 0.152. The average Bonchev–Trinajstić information content (AvgIpc) is 2.83. The fourth-order valence-corrected chi connectivity index (χ4v) is 8.44. The summed E-state index contributed by atoms with van der Waals surface area (Å²) in [6, 6.07) is 30.6. The van der Waals surface area contributed by atoms with Crippen LogP contribution in [0.15, 0.2) is 102 Å². The molecule has 0 aliphatic carbocycles. The molecule has 0 saturated heterocycles. The highest BCUT2D eigenvalue weighted by Crippen LogP contribution is 2.58. The molecule has 0 bridgehead atoms. The SMILES string of the molecule is Cc1cccc(OP(NP(=NP(N)N)(Oc2cccc(C)c2)Oc2cccc(C)c2)Oc2cccc(C)c2)c1. The number of rotatable bonds is 11. The summed E-state index contributed by atoms with van der Waals surface area (Å²) in [5, 5.41) is 0. The Kier molecular flexibility index (Phi) is 9.99. The Balaban J connectivity index is 1.79. The van der Waals surface area contributed by atoms with E-state index in [9.17, 15) is 0 Å². The van der Waals surface area contributed by atoms with Gasteiger partial charge in [-0.3, -0.25) is 11.0 Å². The van der Waals surface area contributed by atoms with Crippen LogP contribution >= 0.6 is 24.6 Å². The van der Waals surface area contributed by atoms with Crippen LogP contribution in [-0.2, 0) is 0 Å². The number of hydrogen-bond acceptors (Lipinski definition) is 7. The monoisotopic (exact) mass is 582 g/mol. The van der Waals surface area contributed by atoms with Crippen LogP contribution in [0, 0.1) is 27.7 Å². The summed E-state index contributed by atoms with van der Waals surface area (Å²) in [5.41, 5.74) is 16.3. The van der Waals surface area contributed by atoms with Crippen molar-refractivity contribution in [3.05, 3.63) is 119 Å². The Labute approximate surface area is 232 Å². The van der Waals surface area contributed by atoms with Crippen LogP contribution in [0.2, 0.25) is 0 Å². The lowest BCUT2D eigenvalue weighted by Gasteiger charge is -2.29. The van der Waals surface area contributed by atoms with Gasteiger partial charge in [-0.25, -0.2) is 0 Å². The lowest BCUT2D eigenvalue weighted by molar-refractivity contribution is 0.451. The predicted molar refractivity (Wildman–Crippen MR) is 162 cm³/mol. The zero-order valence-electron chi connectivity index (χ0n) is 22.3. The minimum Gasteiger partial charge on any atom is -0.427 e. The zero-order valence-corrected chi connectivity index (χ0v) is 25.0. The second-order valence-electron chi connectivity index (χ2n) is 8.98. The third-order valence-electron chi connectivity index (χ3n) is 5.22. The van der Waals surface area contributed by atoms with Crippen LogP contribution in [0.3, 0.4) is 0 Å². The standard InChI is InChI=1S/C28H33N4O4P3/c1-21-9-5-13-25(17-21)33-38(34-26-14-6-10-22(2)18-26)32-39(31-37(29)30,35-27-15-7-11-23(3)19-27)36-28-16-8-12-24(4)20-28/h5-20,32H,29-30H2,1-4H3. The Bertz CT molecular complexity index is 1370. The molecule has 0 fully saturated rings. The maximum absolute atomic E-state index is 6.51. The Morgan fingerprint density at radius 2 is 0.949 bits per heavy atom. The Hall–Kier alpha value is -2.95. The van der Waals surface area contributed by atoms with Crippen molar-refractivity contribution in [2.24, 2.45) is 15.5 Å². The van der Waals surface area contributed by atoms with Crippen molar-refractivity contribution in [2.75, 3.05) is 0 Å². The van der Waals surface area contributed by atoms with E-state index in [2.05, 4.69) is 9.37 Å². The van der Waals surface area contributed by atoms with Crippen LogP contribution in [0.25, 0.3) is 0 Å². The molecule has 4 rings (SSSR count). The summed E-state index contributed by atoms with van der Waals surface area (Å²) >= 11 is 0. The molecule has 0 atom stereocenters. The molecule has 0 spiro atoms. The molecule has 5 N–H and O–H groups in total. The van der Waals surface area contributed by atoms with E-state index in [0.29, 0.717) is 23.0 Å². The number of benzene rings is 4. The van der Waals surface area contributed by atoms with Crippen LogP contribution in [0.4, 0.5) is 0 Å². The van der Waals surface area contributed by atoms with E-state index < -0.39 is 24.6 Å². The van der Waals surface area contributed by atoms with Crippen molar-refractivity contribution in [1.82, 2.24) is 4.86 Å². The van der Waals surface area contributed by atoms with Gasteiger partial charge >= 0.3 is 16.2 Å². The molecule has 0 amide bonds. The highest BCUT2D eigenvalue weighted by atomic mass is 31.3. The topological polar surface area (TPSA) is 113 Å². The van der Waals surface area contributed by atoms with Gasteiger partial charge < -0.3 is 18.1 Å². The van der Waals surface area contributed by atoms with E-state index in [0.717, 1.165) is 22.3 Å². The molecule has 4 aromatic carbocycles. The fraction of sp³-hybridized carbons (Fsp3) is 0.143. The van der Waals surface area contributed by atoms with E-state index in [1.807, 2.05) is 125 Å². The third-order valence-corrected chi connectivity index (χ3v) is 10.3. The van der Waals surface area contributed by atoms with Gasteiger partial charge in [-0.05, 0) is 98.5 Å². The van der Waals surface area contributed by atoms with Crippen LogP contribution < -0.4 is 34.0 Å². The molecule has 8 nitrogen and oxygen atoms in total. The van der Waals surface area contributed by atoms with E-state index in [1.165, 1.54) is 0 Å². The van der Waals surface area contributed by atoms with Gasteiger partial charge in [0, 0.05) is 0 Å². The third kappa shape index (κ3) is 9.05. The Morgan fingerprint density at radius 1 is 0.590 bits per heavy atom. The molecule has 0 saturated carbocycles. The second-order valence-corrected chi connectivity index (χ2v) is 13.5. The van der Waals surface area contributed by atoms with Crippen LogP contribution in [0.5, 0.6) is 23.0 Å². The second kappa shape index (κ2) is 13.4. The first-order valence-corrected chi connectivity index (χ1v) is 16.4. The largest absolute Gasteiger partial charge is 0.427 e. The zero-order chi connectivity index (χ0) is 27.8. The van der Waals surface area contributed by atoms with E-state index >= 15 is 0 Å². The van der Waals surface area contributed by atoms with Crippen molar-refractivity contribution in [3.8, 4) is 23.0 Å². The summed E-state index contributed by atoms with van der Waals surface area (Å²) in [6.07, 6.45) is 0. The molecule has 204 valence electrons. The highest BCUT2D eigenvalue weighted by molar-refractivity contribution is 7.71. The molecule has 0 unspecified atom stereocenters. The lowest BCUT2D eigenvalue weighted by Crippen LogP contribution is -2.20. The smallest absolute Gasteiger partial charge is 0.409 e. The van der Waals surface area contributed by atoms with Crippen molar-refractivity contribution >= 4 is 24.6 Å². The number of hydrogen-bond donors (Lipinski definition) is 3. The summed E-state index contributed by atoms with van der Waals surface area (Å²) in [6.45, 7) is 7.95. The Morgan fingerprint density at radius 3 is 1.31 bits per heavy atom. The maximum atomic E-state index is 6.51. The van der Waals surface area contributed by atoms with E-state index in [-0.39, 0.29) is 0 Å². The van der Waals surface area contributed by atoms with Crippen molar-refractivity contribution in [2.45, 2.75) is 27.7 Å². The summed E-state index contributed by atoms with van der Waals surface area (Å²) in [7, 11) is -7.16. The van der Waals surface area contributed by atoms with Crippen LogP contribution in [-0.4, -0.2) is 0 Å². The number of aryl methyl sites for hydroxylation is 4. The molecular formula is C28H33N4O4P3. The molecule has 0 aromatic heterocycles. The van der Waals surface area contributed by atoms with Gasteiger partial charge in [0.1, 0.15) is 23.0 Å². The maximum Gasteiger partial charge on any atom is 0.409 e. The molecule has 0 aliphatic rings. The van der Waals surface area contributed by atoms with E-state index in [1.54, 1.807) is 0 Å². The fourth-order valence-electron chi connectivity index (χ4n) is 3.58. The minimum absolute atomic E-state index is 0.546. The summed E-state index contributed by atoms with van der Waals surface area (Å²) in [5.74, 6) is 2.33. The minimum atomic E-state index is -3.46. The number of nitrogens with one attached hydrogen (secondary N) is 1. The lowest BCUT2D eigenvalue weighted by atomic mass is 10.2. The molecule has 11 heteroatoms. The first-order valence-electron chi connectivity index (χ1n) is 12.2. The molecule has 0 aliphatic heterocycles. The predicted octanol–water partition coefficient (Wildman–Crippen LogP) is 8.44. The van der Waals surface area contributed by atoms with Gasteiger partial charge in [0.25, 0.3) is 0 Å². The van der Waals surface area contributed by atoms with Gasteiger partial charge in [0.05, 0.1) is 0 Å². The van der Waals surface area contributed by atoms with Gasteiger partial charge in [-0.15, -0.1) is 4.86 Å². The first-order chi connectivity index (χ1) is 18.7. The molecular weight excluding hydrogens is 549 g/mol. The van der Waals surface area contributed by atoms with Crippen molar-refractivity contribution < 1.29 is 18.1 Å². The first kappa shape index (κ1) is 29.0. The normalized spacial score (nSPS) is 11.4. The number of nitrogens with zero attached hydrogens (tertiary/aromatic N) is 1. The van der Waals surface area contributed by atoms with Gasteiger partial charge in [-0.1, -0.05) is 48.5 Å². The summed E-state index contributed by atoms with van der Waals surface area (Å²) in [4.78, 5) is 3.35. The average molecular weight is 583 g/mol. The van der Waals surface area contributed by atoms with E-state index in [4.69, 9.17) is 29.1 Å². The van der Waals surface area contributed by atoms with Crippen LogP contribution in [0.1, 0.15) is 22.3 Å². The number of nitrogens with two attached hydrogens (primary N) is 2.